The van der Waals surface area contributed by atoms with Gasteiger partial charge in [-0.1, -0.05) is 19.3 Å². The van der Waals surface area contributed by atoms with Crippen molar-refractivity contribution in [1.29, 1.82) is 0 Å². The topological polar surface area (TPSA) is 59.4 Å². The normalized spacial score (nSPS) is 24.9. The molecule has 1 spiro atoms. The molecule has 2 aliphatic rings. The van der Waals surface area contributed by atoms with E-state index in [9.17, 15) is 9.90 Å². The van der Waals surface area contributed by atoms with Gasteiger partial charge < -0.3 is 9.84 Å². The number of rotatable bonds is 3. The summed E-state index contributed by atoms with van der Waals surface area (Å²) in [6.07, 6.45) is 9.78. The van der Waals surface area contributed by atoms with Crippen molar-refractivity contribution >= 4 is 17.7 Å². The largest absolute Gasteiger partial charge is 0.478 e. The molecule has 5 heteroatoms. The quantitative estimate of drug-likeness (QED) is 0.921. The summed E-state index contributed by atoms with van der Waals surface area (Å²) in [7, 11) is 0. The predicted molar refractivity (Wildman–Crippen MR) is 81.8 cm³/mol. The molecule has 1 saturated heterocycles. The van der Waals surface area contributed by atoms with Gasteiger partial charge in [-0.15, -0.1) is 11.8 Å². The van der Waals surface area contributed by atoms with E-state index in [1.165, 1.54) is 19.3 Å². The predicted octanol–water partition coefficient (Wildman–Crippen LogP) is 3.75. The van der Waals surface area contributed by atoms with Gasteiger partial charge in [0.1, 0.15) is 5.03 Å². The van der Waals surface area contributed by atoms with Gasteiger partial charge in [0, 0.05) is 18.1 Å². The van der Waals surface area contributed by atoms with Gasteiger partial charge in [-0.25, -0.2) is 9.78 Å². The van der Waals surface area contributed by atoms with Crippen molar-refractivity contribution in [2.45, 2.75) is 60.8 Å². The number of ether oxygens (including phenoxy) is 1. The van der Waals surface area contributed by atoms with E-state index in [0.29, 0.717) is 15.8 Å². The Morgan fingerprint density at radius 3 is 2.95 bits per heavy atom. The van der Waals surface area contributed by atoms with Crippen LogP contribution in [0.1, 0.15) is 55.3 Å². The maximum atomic E-state index is 11.3. The summed E-state index contributed by atoms with van der Waals surface area (Å²) in [5.74, 6) is -0.898. The molecule has 4 nitrogen and oxygen atoms in total. The molecule has 2 heterocycles. The van der Waals surface area contributed by atoms with E-state index in [1.807, 2.05) is 0 Å². The van der Waals surface area contributed by atoms with Crippen LogP contribution in [-0.2, 0) is 4.74 Å². The summed E-state index contributed by atoms with van der Waals surface area (Å²) in [4.78, 5) is 15.5. The second-order valence-electron chi connectivity index (χ2n) is 5.99. The summed E-state index contributed by atoms with van der Waals surface area (Å²) in [6.45, 7) is 0.785. The molecule has 1 aromatic rings. The van der Waals surface area contributed by atoms with Crippen LogP contribution in [0.2, 0.25) is 0 Å². The van der Waals surface area contributed by atoms with E-state index in [2.05, 4.69) is 4.98 Å². The van der Waals surface area contributed by atoms with Crippen LogP contribution < -0.4 is 0 Å². The zero-order valence-corrected chi connectivity index (χ0v) is 12.9. The van der Waals surface area contributed by atoms with Crippen molar-refractivity contribution in [2.24, 2.45) is 0 Å². The Hall–Kier alpha value is -1.07. The van der Waals surface area contributed by atoms with E-state index >= 15 is 0 Å². The van der Waals surface area contributed by atoms with Crippen LogP contribution in [0.15, 0.2) is 23.4 Å². The van der Waals surface area contributed by atoms with Gasteiger partial charge >= 0.3 is 5.97 Å². The first-order chi connectivity index (χ1) is 10.2. The Morgan fingerprint density at radius 2 is 2.19 bits per heavy atom. The Labute approximate surface area is 129 Å². The van der Waals surface area contributed by atoms with Gasteiger partial charge in [0.05, 0.1) is 11.2 Å². The maximum Gasteiger partial charge on any atom is 0.338 e. The standard InChI is InChI=1S/C16H21NO3S/c18-15(19)13-5-4-9-17-14(13)21-12-6-10-20-16(11-12)7-2-1-3-8-16/h4-5,9,12H,1-3,6-8,10-11H2,(H,18,19). The molecule has 0 radical (unpaired) electrons. The van der Waals surface area contributed by atoms with Crippen LogP contribution in [0.3, 0.4) is 0 Å². The molecule has 1 aromatic heterocycles. The number of carboxylic acids is 1. The molecule has 1 N–H and O–H groups in total. The van der Waals surface area contributed by atoms with Crippen molar-refractivity contribution in [1.82, 2.24) is 4.98 Å². The average molecular weight is 307 g/mol. The number of carbonyl (C=O) groups is 1. The van der Waals surface area contributed by atoms with Crippen LogP contribution in [0.5, 0.6) is 0 Å². The minimum Gasteiger partial charge on any atom is -0.478 e. The van der Waals surface area contributed by atoms with Crippen LogP contribution in [-0.4, -0.2) is 33.5 Å². The van der Waals surface area contributed by atoms with Gasteiger partial charge in [-0.3, -0.25) is 0 Å². The second-order valence-corrected chi connectivity index (χ2v) is 7.28. The average Bonchev–Trinajstić information content (AvgIpc) is 2.48. The number of aromatic carboxylic acids is 1. The van der Waals surface area contributed by atoms with Gasteiger partial charge in [0.2, 0.25) is 0 Å². The highest BCUT2D eigenvalue weighted by molar-refractivity contribution is 7.99. The molecule has 114 valence electrons. The minimum absolute atomic E-state index is 0.0480. The summed E-state index contributed by atoms with van der Waals surface area (Å²) in [6, 6.07) is 3.31. The Balaban J connectivity index is 1.71. The third kappa shape index (κ3) is 3.40. The molecular formula is C16H21NO3S. The van der Waals surface area contributed by atoms with Crippen molar-refractivity contribution < 1.29 is 14.6 Å². The van der Waals surface area contributed by atoms with E-state index in [1.54, 1.807) is 30.1 Å². The highest BCUT2D eigenvalue weighted by Gasteiger charge is 2.39. The molecule has 1 atom stereocenters. The lowest BCUT2D eigenvalue weighted by molar-refractivity contribution is -0.0971. The van der Waals surface area contributed by atoms with Crippen LogP contribution in [0.25, 0.3) is 0 Å². The third-order valence-electron chi connectivity index (χ3n) is 4.49. The van der Waals surface area contributed by atoms with Crippen LogP contribution >= 0.6 is 11.8 Å². The molecule has 1 aliphatic carbocycles. The monoisotopic (exact) mass is 307 g/mol. The fraction of sp³-hybridized carbons (Fsp3) is 0.625. The number of hydrogen-bond donors (Lipinski definition) is 1. The third-order valence-corrected chi connectivity index (χ3v) is 5.78. The Kier molecular flexibility index (Phi) is 4.50. The first-order valence-corrected chi connectivity index (χ1v) is 8.55. The smallest absolute Gasteiger partial charge is 0.338 e. The number of aromatic nitrogens is 1. The van der Waals surface area contributed by atoms with Crippen molar-refractivity contribution in [2.75, 3.05) is 6.61 Å². The zero-order valence-electron chi connectivity index (χ0n) is 12.1. The lowest BCUT2D eigenvalue weighted by atomic mass is 9.80. The van der Waals surface area contributed by atoms with Crippen LogP contribution in [0, 0.1) is 0 Å². The van der Waals surface area contributed by atoms with Crippen molar-refractivity contribution in [3.63, 3.8) is 0 Å². The zero-order chi connectivity index (χ0) is 14.7. The van der Waals surface area contributed by atoms with E-state index in [4.69, 9.17) is 4.74 Å². The first-order valence-electron chi connectivity index (χ1n) is 7.67. The molecule has 1 saturated carbocycles. The highest BCUT2D eigenvalue weighted by Crippen LogP contribution is 2.43. The Bertz CT molecular complexity index is 508. The number of thioether (sulfide) groups is 1. The van der Waals surface area contributed by atoms with E-state index in [0.717, 1.165) is 32.3 Å². The van der Waals surface area contributed by atoms with Gasteiger partial charge in [-0.2, -0.15) is 0 Å². The molecule has 1 unspecified atom stereocenters. The number of nitrogens with zero attached hydrogens (tertiary/aromatic N) is 1. The lowest BCUT2D eigenvalue weighted by Crippen LogP contribution is -2.42. The molecule has 1 aliphatic heterocycles. The SMILES string of the molecule is O=C(O)c1cccnc1SC1CCOC2(CCCCC2)C1. The molecule has 21 heavy (non-hydrogen) atoms. The fourth-order valence-electron chi connectivity index (χ4n) is 3.43. The summed E-state index contributed by atoms with van der Waals surface area (Å²) in [5.41, 5.74) is 0.360. The lowest BCUT2D eigenvalue weighted by Gasteiger charge is -2.43. The van der Waals surface area contributed by atoms with Crippen molar-refractivity contribution in [3.8, 4) is 0 Å². The molecule has 2 fully saturated rings. The van der Waals surface area contributed by atoms with Gasteiger partial charge in [0.15, 0.2) is 0 Å². The minimum atomic E-state index is -0.898. The number of hydrogen-bond acceptors (Lipinski definition) is 4. The molecular weight excluding hydrogens is 286 g/mol. The van der Waals surface area contributed by atoms with E-state index in [-0.39, 0.29) is 5.60 Å². The fourth-order valence-corrected chi connectivity index (χ4v) is 4.75. The maximum absolute atomic E-state index is 11.3. The van der Waals surface area contributed by atoms with Gasteiger partial charge in [-0.05, 0) is 37.8 Å². The summed E-state index contributed by atoms with van der Waals surface area (Å²) >= 11 is 1.62. The molecule has 0 bridgehead atoms. The van der Waals surface area contributed by atoms with Crippen LogP contribution in [0.4, 0.5) is 0 Å². The number of pyridine rings is 1. The molecule has 3 rings (SSSR count). The summed E-state index contributed by atoms with van der Waals surface area (Å²) in [5, 5.41) is 10.3. The van der Waals surface area contributed by atoms with E-state index < -0.39 is 5.97 Å². The number of carboxylic acid groups (broad SMARTS) is 1. The molecule has 0 amide bonds. The second kappa shape index (κ2) is 6.36. The summed E-state index contributed by atoms with van der Waals surface area (Å²) < 4.78 is 6.10. The van der Waals surface area contributed by atoms with Crippen molar-refractivity contribution in [3.05, 3.63) is 23.9 Å². The highest BCUT2D eigenvalue weighted by atomic mass is 32.2. The Morgan fingerprint density at radius 1 is 1.38 bits per heavy atom. The first kappa shape index (κ1) is 14.9. The van der Waals surface area contributed by atoms with Gasteiger partial charge in [0.25, 0.3) is 0 Å². The molecule has 0 aromatic carbocycles.